The second-order valence-electron chi connectivity index (χ2n) is 6.49. The number of pyridine rings is 2. The fourth-order valence-electron chi connectivity index (χ4n) is 3.34. The van der Waals surface area contributed by atoms with Crippen LogP contribution >= 0.6 is 23.5 Å². The smallest absolute Gasteiger partial charge is 0.191 e. The Morgan fingerprint density at radius 2 is 2.11 bits per heavy atom. The van der Waals surface area contributed by atoms with Crippen LogP contribution in [0.3, 0.4) is 0 Å². The number of aromatic nitrogens is 5. The van der Waals surface area contributed by atoms with Gasteiger partial charge in [0.15, 0.2) is 11.0 Å². The minimum absolute atomic E-state index is 0.341. The number of benzene rings is 1. The molecular formula is C20H17N5S2. The van der Waals surface area contributed by atoms with Gasteiger partial charge in [-0.25, -0.2) is 4.98 Å². The van der Waals surface area contributed by atoms with Crippen LogP contribution in [0, 0.1) is 6.92 Å². The molecule has 0 radical (unpaired) electrons. The van der Waals surface area contributed by atoms with Gasteiger partial charge in [-0.2, -0.15) is 0 Å². The molecule has 0 bridgehead atoms. The van der Waals surface area contributed by atoms with E-state index in [1.165, 1.54) is 10.9 Å². The first kappa shape index (κ1) is 16.8. The lowest BCUT2D eigenvalue weighted by molar-refractivity contribution is 0.597. The topological polar surface area (TPSA) is 56.5 Å². The molecule has 134 valence electrons. The second kappa shape index (κ2) is 6.98. The first-order chi connectivity index (χ1) is 13.3. The van der Waals surface area contributed by atoms with Crippen LogP contribution in [0.4, 0.5) is 0 Å². The molecule has 0 saturated heterocycles. The van der Waals surface area contributed by atoms with E-state index in [4.69, 9.17) is 4.98 Å². The van der Waals surface area contributed by atoms with E-state index in [1.54, 1.807) is 29.7 Å². The zero-order valence-corrected chi connectivity index (χ0v) is 16.4. The summed E-state index contributed by atoms with van der Waals surface area (Å²) in [7, 11) is 0. The minimum atomic E-state index is 0.341. The molecule has 0 N–H and O–H groups in total. The van der Waals surface area contributed by atoms with Crippen LogP contribution in [-0.2, 0) is 0 Å². The van der Waals surface area contributed by atoms with Gasteiger partial charge in [-0.1, -0.05) is 30.0 Å². The summed E-state index contributed by atoms with van der Waals surface area (Å²) in [4.78, 5) is 9.05. The van der Waals surface area contributed by atoms with Crippen molar-refractivity contribution in [1.29, 1.82) is 0 Å². The first-order valence-electron chi connectivity index (χ1n) is 8.77. The van der Waals surface area contributed by atoms with Crippen LogP contribution in [0.2, 0.25) is 0 Å². The van der Waals surface area contributed by atoms with Crippen molar-refractivity contribution >= 4 is 34.4 Å². The number of aryl methyl sites for hydroxylation is 1. The molecule has 1 aromatic carbocycles. The van der Waals surface area contributed by atoms with Gasteiger partial charge in [-0.15, -0.1) is 22.0 Å². The predicted octanol–water partition coefficient (Wildman–Crippen LogP) is 4.64. The summed E-state index contributed by atoms with van der Waals surface area (Å²) in [5, 5.41) is 12.0. The van der Waals surface area contributed by atoms with Crippen molar-refractivity contribution in [3.63, 3.8) is 0 Å². The molecule has 4 heterocycles. The molecule has 1 aliphatic rings. The van der Waals surface area contributed by atoms with Gasteiger partial charge in [0.2, 0.25) is 0 Å². The monoisotopic (exact) mass is 391 g/mol. The van der Waals surface area contributed by atoms with Crippen molar-refractivity contribution in [2.24, 2.45) is 0 Å². The lowest BCUT2D eigenvalue weighted by Crippen LogP contribution is -2.11. The molecule has 1 unspecified atom stereocenters. The predicted molar refractivity (Wildman–Crippen MR) is 110 cm³/mol. The molecule has 7 heteroatoms. The maximum atomic E-state index is 4.83. The van der Waals surface area contributed by atoms with Gasteiger partial charge in [0.25, 0.3) is 0 Å². The van der Waals surface area contributed by atoms with Gasteiger partial charge in [0.05, 0.1) is 16.6 Å². The largest absolute Gasteiger partial charge is 0.297 e. The number of fused-ring (bicyclic) bond motifs is 2. The highest BCUT2D eigenvalue weighted by Gasteiger charge is 2.28. The molecule has 0 aliphatic carbocycles. The summed E-state index contributed by atoms with van der Waals surface area (Å²) in [6.07, 6.45) is 3.62. The average Bonchev–Trinajstić information content (AvgIpc) is 3.29. The summed E-state index contributed by atoms with van der Waals surface area (Å²) in [5.74, 6) is 2.85. The number of rotatable bonds is 4. The average molecular weight is 392 g/mol. The molecular weight excluding hydrogens is 374 g/mol. The minimum Gasteiger partial charge on any atom is -0.297 e. The van der Waals surface area contributed by atoms with Crippen LogP contribution in [0.1, 0.15) is 11.6 Å². The molecule has 5 nitrogen and oxygen atoms in total. The quantitative estimate of drug-likeness (QED) is 0.473. The Kier molecular flexibility index (Phi) is 4.33. The normalized spacial score (nSPS) is 16.0. The molecule has 5 rings (SSSR count). The summed E-state index contributed by atoms with van der Waals surface area (Å²) in [6, 6.07) is 14.8. The number of thioether (sulfide) groups is 2. The number of hydrogen-bond donors (Lipinski definition) is 0. The van der Waals surface area contributed by atoms with E-state index in [-0.39, 0.29) is 0 Å². The van der Waals surface area contributed by atoms with Gasteiger partial charge in [-0.3, -0.25) is 9.55 Å². The lowest BCUT2D eigenvalue weighted by atomic mass is 10.1. The molecule has 3 aromatic heterocycles. The van der Waals surface area contributed by atoms with E-state index < -0.39 is 0 Å². The van der Waals surface area contributed by atoms with E-state index in [1.807, 2.05) is 24.4 Å². The third kappa shape index (κ3) is 3.11. The van der Waals surface area contributed by atoms with Gasteiger partial charge < -0.3 is 0 Å². The van der Waals surface area contributed by atoms with Gasteiger partial charge in [-0.05, 0) is 36.8 Å². The van der Waals surface area contributed by atoms with Gasteiger partial charge >= 0.3 is 0 Å². The molecule has 4 aromatic rings. The molecule has 0 amide bonds. The Balaban J connectivity index is 1.41. The first-order valence-corrected chi connectivity index (χ1v) is 10.7. The zero-order valence-electron chi connectivity index (χ0n) is 14.7. The summed E-state index contributed by atoms with van der Waals surface area (Å²) in [5.41, 5.74) is 3.33. The van der Waals surface area contributed by atoms with E-state index in [9.17, 15) is 0 Å². The summed E-state index contributed by atoms with van der Waals surface area (Å²) in [6.45, 7) is 2.15. The van der Waals surface area contributed by atoms with Crippen LogP contribution in [0.25, 0.3) is 22.3 Å². The van der Waals surface area contributed by atoms with E-state index in [2.05, 4.69) is 50.9 Å². The van der Waals surface area contributed by atoms with Crippen LogP contribution in [0.15, 0.2) is 65.0 Å². The standard InChI is InChI=1S/C20H17N5S2/c1-13-9-18(22-17-7-3-2-6-16(13)17)26-11-15-12-27-20-24-23-19(25(15)20)14-5-4-8-21-10-14/h2-10,15H,11-12H2,1H3. The Morgan fingerprint density at radius 3 is 3.00 bits per heavy atom. The Morgan fingerprint density at radius 1 is 1.19 bits per heavy atom. The summed E-state index contributed by atoms with van der Waals surface area (Å²) < 4.78 is 2.25. The molecule has 1 atom stereocenters. The highest BCUT2D eigenvalue weighted by Crippen LogP contribution is 2.38. The summed E-state index contributed by atoms with van der Waals surface area (Å²) >= 11 is 3.57. The number of hydrogen-bond acceptors (Lipinski definition) is 6. The Bertz CT molecular complexity index is 1110. The number of nitrogens with zero attached hydrogens (tertiary/aromatic N) is 5. The van der Waals surface area contributed by atoms with Crippen molar-refractivity contribution in [2.45, 2.75) is 23.1 Å². The zero-order chi connectivity index (χ0) is 18.2. The van der Waals surface area contributed by atoms with E-state index >= 15 is 0 Å². The lowest BCUT2D eigenvalue weighted by Gasteiger charge is -2.14. The van der Waals surface area contributed by atoms with Crippen molar-refractivity contribution in [1.82, 2.24) is 24.7 Å². The SMILES string of the molecule is Cc1cc(SCC2CSc3nnc(-c4cccnc4)n32)nc2ccccc12. The third-order valence-corrected chi connectivity index (χ3v) is 6.82. The fraction of sp³-hybridized carbons (Fsp3) is 0.200. The van der Waals surface area contributed by atoms with Crippen molar-refractivity contribution in [3.8, 4) is 11.4 Å². The van der Waals surface area contributed by atoms with Crippen LogP contribution in [0.5, 0.6) is 0 Å². The van der Waals surface area contributed by atoms with Gasteiger partial charge in [0, 0.05) is 34.8 Å². The third-order valence-electron chi connectivity index (χ3n) is 4.68. The number of para-hydroxylation sites is 1. The Labute approximate surface area is 165 Å². The van der Waals surface area contributed by atoms with Crippen molar-refractivity contribution in [2.75, 3.05) is 11.5 Å². The molecule has 0 fully saturated rings. The maximum absolute atomic E-state index is 4.83. The van der Waals surface area contributed by atoms with Crippen LogP contribution in [-0.4, -0.2) is 36.2 Å². The maximum Gasteiger partial charge on any atom is 0.191 e. The second-order valence-corrected chi connectivity index (χ2v) is 8.52. The van der Waals surface area contributed by atoms with Crippen LogP contribution < -0.4 is 0 Å². The van der Waals surface area contributed by atoms with E-state index in [0.29, 0.717) is 6.04 Å². The van der Waals surface area contributed by atoms with Crippen molar-refractivity contribution < 1.29 is 0 Å². The highest BCUT2D eigenvalue weighted by atomic mass is 32.2. The molecule has 1 aliphatic heterocycles. The molecule has 27 heavy (non-hydrogen) atoms. The highest BCUT2D eigenvalue weighted by molar-refractivity contribution is 8.00. The molecule has 0 saturated carbocycles. The Hall–Kier alpha value is -2.38. The van der Waals surface area contributed by atoms with Gasteiger partial charge in [0.1, 0.15) is 0 Å². The van der Waals surface area contributed by atoms with Crippen molar-refractivity contribution in [3.05, 3.63) is 60.4 Å². The van der Waals surface area contributed by atoms with E-state index in [0.717, 1.165) is 38.6 Å². The fourth-order valence-corrected chi connectivity index (χ4v) is 5.62. The molecule has 0 spiro atoms.